The minimum atomic E-state index is -0.00368. The molecule has 3 rings (SSSR count). The van der Waals surface area contributed by atoms with Crippen LogP contribution in [0.3, 0.4) is 0 Å². The molecule has 2 atom stereocenters. The summed E-state index contributed by atoms with van der Waals surface area (Å²) < 4.78 is 10.9. The van der Waals surface area contributed by atoms with E-state index in [1.807, 2.05) is 38.1 Å². The predicted molar refractivity (Wildman–Crippen MR) is 95.6 cm³/mol. The normalized spacial score (nSPS) is 20.3. The van der Waals surface area contributed by atoms with Crippen molar-refractivity contribution in [3.8, 4) is 5.75 Å². The van der Waals surface area contributed by atoms with Crippen LogP contribution in [0.2, 0.25) is 0 Å². The highest BCUT2D eigenvalue weighted by Gasteiger charge is 2.23. The number of hydrogen-bond donors (Lipinski definition) is 1. The summed E-state index contributed by atoms with van der Waals surface area (Å²) in [6, 6.07) is 7.57. The van der Waals surface area contributed by atoms with Gasteiger partial charge >= 0.3 is 0 Å². The Balaban J connectivity index is 1.57. The summed E-state index contributed by atoms with van der Waals surface area (Å²) in [5.41, 5.74) is 2.48. The molecule has 2 aromatic rings. The fraction of sp³-hybridized carbons (Fsp3) is 0.500. The number of aromatic nitrogens is 1. The second-order valence-corrected chi connectivity index (χ2v) is 6.96. The Morgan fingerprint density at radius 2 is 1.96 bits per heavy atom. The fourth-order valence-corrected chi connectivity index (χ4v) is 3.35. The molecule has 1 aliphatic carbocycles. The topological polar surface area (TPSA) is 64.4 Å². The third-order valence-corrected chi connectivity index (χ3v) is 5.11. The summed E-state index contributed by atoms with van der Waals surface area (Å²) in [5, 5.41) is 7.09. The van der Waals surface area contributed by atoms with Crippen molar-refractivity contribution in [1.82, 2.24) is 10.5 Å². The highest BCUT2D eigenvalue weighted by Crippen LogP contribution is 2.24. The molecular weight excluding hydrogens is 316 g/mol. The summed E-state index contributed by atoms with van der Waals surface area (Å²) in [4.78, 5) is 12.4. The Bertz CT molecular complexity index is 702. The molecule has 1 aromatic carbocycles. The molecule has 5 heteroatoms. The van der Waals surface area contributed by atoms with Crippen LogP contribution in [0.4, 0.5) is 0 Å². The van der Waals surface area contributed by atoms with Crippen molar-refractivity contribution in [1.29, 1.82) is 0 Å². The summed E-state index contributed by atoms with van der Waals surface area (Å²) in [5.74, 6) is 2.05. The third-order valence-electron chi connectivity index (χ3n) is 5.11. The van der Waals surface area contributed by atoms with Gasteiger partial charge in [0.15, 0.2) is 0 Å². The van der Waals surface area contributed by atoms with Gasteiger partial charge in [-0.25, -0.2) is 0 Å². The van der Waals surface area contributed by atoms with Gasteiger partial charge < -0.3 is 14.6 Å². The summed E-state index contributed by atoms with van der Waals surface area (Å²) in [6.45, 7) is 6.40. The van der Waals surface area contributed by atoms with E-state index in [-0.39, 0.29) is 11.9 Å². The molecule has 1 aliphatic rings. The maximum Gasteiger partial charge on any atom is 0.251 e. The Labute approximate surface area is 148 Å². The number of amides is 1. The number of nitrogens with zero attached hydrogens (tertiary/aromatic N) is 1. The van der Waals surface area contributed by atoms with E-state index in [9.17, 15) is 4.79 Å². The van der Waals surface area contributed by atoms with Crippen LogP contribution in [0.15, 0.2) is 28.8 Å². The molecular formula is C20H26N2O3. The van der Waals surface area contributed by atoms with Gasteiger partial charge in [-0.2, -0.15) is 0 Å². The molecule has 0 saturated heterocycles. The van der Waals surface area contributed by atoms with Crippen molar-refractivity contribution in [2.75, 3.05) is 0 Å². The molecule has 0 spiro atoms. The summed E-state index contributed by atoms with van der Waals surface area (Å²) in [6.07, 6.45) is 4.74. The van der Waals surface area contributed by atoms with Crippen molar-refractivity contribution in [2.45, 2.75) is 59.1 Å². The SMILES string of the molecule is Cc1noc(C)c1COc1ccc(C(=O)N[C@H]2CCCC[C@H]2C)cc1. The molecule has 1 N–H and O–H groups in total. The highest BCUT2D eigenvalue weighted by atomic mass is 16.5. The number of carbonyl (C=O) groups is 1. The van der Waals surface area contributed by atoms with Crippen molar-refractivity contribution < 1.29 is 14.1 Å². The number of ether oxygens (including phenoxy) is 1. The number of aryl methyl sites for hydroxylation is 2. The van der Waals surface area contributed by atoms with Gasteiger partial charge in [0, 0.05) is 11.6 Å². The van der Waals surface area contributed by atoms with Gasteiger partial charge in [-0.15, -0.1) is 0 Å². The molecule has 5 nitrogen and oxygen atoms in total. The van der Waals surface area contributed by atoms with Crippen LogP contribution in [0.25, 0.3) is 0 Å². The van der Waals surface area contributed by atoms with Gasteiger partial charge in [0.2, 0.25) is 0 Å². The van der Waals surface area contributed by atoms with Crippen LogP contribution in [0.5, 0.6) is 5.75 Å². The minimum Gasteiger partial charge on any atom is -0.489 e. The van der Waals surface area contributed by atoms with Crippen LogP contribution in [-0.4, -0.2) is 17.1 Å². The first kappa shape index (κ1) is 17.5. The zero-order chi connectivity index (χ0) is 17.8. The Morgan fingerprint density at radius 3 is 2.60 bits per heavy atom. The standard InChI is InChI=1S/C20H26N2O3/c1-13-6-4-5-7-19(13)21-20(23)16-8-10-17(11-9-16)24-12-18-14(2)22-25-15(18)3/h8-11,13,19H,4-7,12H2,1-3H3,(H,21,23)/t13-,19+/m1/s1. The van der Waals surface area contributed by atoms with Crippen LogP contribution in [-0.2, 0) is 6.61 Å². The van der Waals surface area contributed by atoms with E-state index in [1.54, 1.807) is 0 Å². The van der Waals surface area contributed by atoms with Crippen molar-refractivity contribution in [3.63, 3.8) is 0 Å². The van der Waals surface area contributed by atoms with Gasteiger partial charge in [-0.05, 0) is 56.9 Å². The number of rotatable bonds is 5. The van der Waals surface area contributed by atoms with Crippen LogP contribution in [0, 0.1) is 19.8 Å². The molecule has 0 aliphatic heterocycles. The van der Waals surface area contributed by atoms with Gasteiger partial charge in [-0.1, -0.05) is 24.9 Å². The average Bonchev–Trinajstić information content (AvgIpc) is 2.93. The molecule has 0 unspecified atom stereocenters. The van der Waals surface area contributed by atoms with Gasteiger partial charge in [0.1, 0.15) is 18.1 Å². The predicted octanol–water partition coefficient (Wildman–Crippen LogP) is 4.18. The lowest BCUT2D eigenvalue weighted by molar-refractivity contribution is 0.0910. The van der Waals surface area contributed by atoms with Crippen LogP contribution in [0.1, 0.15) is 60.0 Å². The molecule has 1 aromatic heterocycles. The quantitative estimate of drug-likeness (QED) is 0.885. The molecule has 25 heavy (non-hydrogen) atoms. The molecule has 1 fully saturated rings. The zero-order valence-corrected chi connectivity index (χ0v) is 15.2. The first-order valence-corrected chi connectivity index (χ1v) is 9.00. The maximum absolute atomic E-state index is 12.4. The summed E-state index contributed by atoms with van der Waals surface area (Å²) in [7, 11) is 0. The van der Waals surface area contributed by atoms with Gasteiger partial charge in [0.05, 0.1) is 11.3 Å². The van der Waals surface area contributed by atoms with E-state index in [4.69, 9.17) is 9.26 Å². The van der Waals surface area contributed by atoms with Crippen LogP contribution < -0.4 is 10.1 Å². The largest absolute Gasteiger partial charge is 0.489 e. The monoisotopic (exact) mass is 342 g/mol. The Kier molecular flexibility index (Phi) is 5.41. The van der Waals surface area contributed by atoms with E-state index < -0.39 is 0 Å². The second kappa shape index (κ2) is 7.72. The van der Waals surface area contributed by atoms with Crippen molar-refractivity contribution in [3.05, 3.63) is 46.8 Å². The molecule has 1 amide bonds. The van der Waals surface area contributed by atoms with Crippen LogP contribution >= 0.6 is 0 Å². The molecule has 1 saturated carbocycles. The minimum absolute atomic E-state index is 0.00368. The maximum atomic E-state index is 12.4. The third kappa shape index (κ3) is 4.21. The van der Waals surface area contributed by atoms with Crippen molar-refractivity contribution in [2.24, 2.45) is 5.92 Å². The number of carbonyl (C=O) groups excluding carboxylic acids is 1. The first-order valence-electron chi connectivity index (χ1n) is 9.00. The number of nitrogens with one attached hydrogen (secondary N) is 1. The molecule has 0 radical (unpaired) electrons. The van der Waals surface area contributed by atoms with E-state index in [1.165, 1.54) is 19.3 Å². The van der Waals surface area contributed by atoms with E-state index >= 15 is 0 Å². The zero-order valence-electron chi connectivity index (χ0n) is 15.2. The Morgan fingerprint density at radius 1 is 1.24 bits per heavy atom. The molecule has 134 valence electrons. The number of hydrogen-bond acceptors (Lipinski definition) is 4. The lowest BCUT2D eigenvalue weighted by atomic mass is 9.86. The smallest absolute Gasteiger partial charge is 0.251 e. The van der Waals surface area contributed by atoms with E-state index in [2.05, 4.69) is 17.4 Å². The van der Waals surface area contributed by atoms with E-state index in [0.29, 0.717) is 18.1 Å². The fourth-order valence-electron chi connectivity index (χ4n) is 3.35. The highest BCUT2D eigenvalue weighted by molar-refractivity contribution is 5.94. The van der Waals surface area contributed by atoms with Crippen molar-refractivity contribution >= 4 is 5.91 Å². The molecule has 0 bridgehead atoms. The Hall–Kier alpha value is -2.30. The molecule has 1 heterocycles. The second-order valence-electron chi connectivity index (χ2n) is 6.96. The number of benzene rings is 1. The summed E-state index contributed by atoms with van der Waals surface area (Å²) >= 11 is 0. The lowest BCUT2D eigenvalue weighted by Crippen LogP contribution is -2.41. The van der Waals surface area contributed by atoms with Gasteiger partial charge in [-0.3, -0.25) is 4.79 Å². The lowest BCUT2D eigenvalue weighted by Gasteiger charge is -2.29. The van der Waals surface area contributed by atoms with E-state index in [0.717, 1.165) is 29.2 Å². The average molecular weight is 342 g/mol. The van der Waals surface area contributed by atoms with Gasteiger partial charge in [0.25, 0.3) is 5.91 Å². The first-order chi connectivity index (χ1) is 12.0.